The lowest BCUT2D eigenvalue weighted by atomic mass is 9.87. The fourth-order valence-electron chi connectivity index (χ4n) is 5.46. The maximum absolute atomic E-state index is 14.3. The molecular formula is C29H31F4N3O4S. The molecule has 0 radical (unpaired) electrons. The van der Waals surface area contributed by atoms with Crippen LogP contribution in [0.5, 0.6) is 0 Å². The lowest BCUT2D eigenvalue weighted by Gasteiger charge is -2.49. The monoisotopic (exact) mass is 593 g/mol. The number of likely N-dealkylation sites (tertiary alicyclic amines) is 1. The summed E-state index contributed by atoms with van der Waals surface area (Å²) >= 11 is 5.62. The number of nitrogens with zero attached hydrogens (tertiary/aromatic N) is 3. The second kappa shape index (κ2) is 12.2. The van der Waals surface area contributed by atoms with Gasteiger partial charge in [-0.3, -0.25) is 4.90 Å². The van der Waals surface area contributed by atoms with Crippen molar-refractivity contribution >= 4 is 29.4 Å². The van der Waals surface area contributed by atoms with Gasteiger partial charge in [-0.25, -0.2) is 18.9 Å². The molecule has 1 amide bonds. The summed E-state index contributed by atoms with van der Waals surface area (Å²) in [6, 6.07) is 9.27. The van der Waals surface area contributed by atoms with Gasteiger partial charge >= 0.3 is 18.2 Å². The van der Waals surface area contributed by atoms with Crippen molar-refractivity contribution < 1.29 is 37.0 Å². The largest absolute Gasteiger partial charge is 0.464 e. The molecule has 2 aliphatic rings. The molecule has 2 heterocycles. The molecule has 0 aromatic heterocycles. The van der Waals surface area contributed by atoms with E-state index in [9.17, 15) is 32.3 Å². The van der Waals surface area contributed by atoms with Crippen LogP contribution < -0.4 is 0 Å². The van der Waals surface area contributed by atoms with Gasteiger partial charge in [0.25, 0.3) is 0 Å². The number of benzene rings is 2. The van der Waals surface area contributed by atoms with Gasteiger partial charge in [0.15, 0.2) is 5.11 Å². The zero-order chi connectivity index (χ0) is 30.1. The van der Waals surface area contributed by atoms with E-state index in [0.717, 1.165) is 16.5 Å². The van der Waals surface area contributed by atoms with Crippen LogP contribution in [0.2, 0.25) is 0 Å². The molecule has 7 nitrogen and oxygen atoms in total. The molecule has 0 saturated carbocycles. The van der Waals surface area contributed by atoms with Crippen LogP contribution in [-0.2, 0) is 22.3 Å². The molecule has 12 heteroatoms. The Balaban J connectivity index is 1.77. The van der Waals surface area contributed by atoms with Crippen molar-refractivity contribution in [1.29, 1.82) is 0 Å². The summed E-state index contributed by atoms with van der Waals surface area (Å²) in [5, 5.41) is 9.85. The van der Waals surface area contributed by atoms with Gasteiger partial charge in [0, 0.05) is 31.4 Å². The number of ether oxygens (including phenoxy) is 1. The van der Waals surface area contributed by atoms with Crippen LogP contribution in [0.3, 0.4) is 0 Å². The first kappa shape index (κ1) is 30.4. The second-order valence-corrected chi connectivity index (χ2v) is 10.7. The van der Waals surface area contributed by atoms with Gasteiger partial charge < -0.3 is 14.7 Å². The predicted molar refractivity (Wildman–Crippen MR) is 147 cm³/mol. The SMILES string of the molecule is CC1=C(C(=O)OC(C)C)[C@H](c2ccccc2C(F)(F)F)N(C2CCN(Cc3ccc(F)cc3)CC2)C(=S)N1C(=O)O. The van der Waals surface area contributed by atoms with Gasteiger partial charge in [-0.05, 0) is 75.2 Å². The van der Waals surface area contributed by atoms with Crippen LogP contribution in [-0.4, -0.2) is 62.2 Å². The molecule has 0 spiro atoms. The molecule has 1 N–H and O–H groups in total. The Kier molecular flexibility index (Phi) is 9.03. The Morgan fingerprint density at radius 3 is 2.24 bits per heavy atom. The molecular weight excluding hydrogens is 562 g/mol. The quantitative estimate of drug-likeness (QED) is 0.238. The van der Waals surface area contributed by atoms with Crippen LogP contribution in [0.15, 0.2) is 59.8 Å². The minimum absolute atomic E-state index is 0.0971. The van der Waals surface area contributed by atoms with E-state index in [1.54, 1.807) is 26.0 Å². The summed E-state index contributed by atoms with van der Waals surface area (Å²) in [6.07, 6.45) is -5.93. The van der Waals surface area contributed by atoms with Crippen molar-refractivity contribution in [2.75, 3.05) is 13.1 Å². The van der Waals surface area contributed by atoms with Crippen molar-refractivity contribution in [3.05, 3.63) is 82.3 Å². The summed E-state index contributed by atoms with van der Waals surface area (Å²) < 4.78 is 61.6. The lowest BCUT2D eigenvalue weighted by molar-refractivity contribution is -0.145. The van der Waals surface area contributed by atoms with Crippen LogP contribution in [0.4, 0.5) is 22.4 Å². The first-order chi connectivity index (χ1) is 19.3. The maximum Gasteiger partial charge on any atom is 0.418 e. The number of halogens is 4. The Morgan fingerprint density at radius 2 is 1.68 bits per heavy atom. The van der Waals surface area contributed by atoms with Gasteiger partial charge in [-0.1, -0.05) is 30.3 Å². The number of amides is 1. The summed E-state index contributed by atoms with van der Waals surface area (Å²) in [7, 11) is 0. The minimum Gasteiger partial charge on any atom is -0.464 e. The summed E-state index contributed by atoms with van der Waals surface area (Å²) in [5.41, 5.74) is -0.556. The van der Waals surface area contributed by atoms with E-state index >= 15 is 0 Å². The number of hydrogen-bond acceptors (Lipinski definition) is 5. The summed E-state index contributed by atoms with van der Waals surface area (Å²) in [4.78, 5) is 30.2. The van der Waals surface area contributed by atoms with Crippen LogP contribution >= 0.6 is 12.2 Å². The Labute approximate surface area is 241 Å². The number of rotatable bonds is 6. The van der Waals surface area contributed by atoms with Crippen LogP contribution in [0, 0.1) is 5.82 Å². The zero-order valence-corrected chi connectivity index (χ0v) is 23.6. The van der Waals surface area contributed by atoms with Crippen molar-refractivity contribution in [1.82, 2.24) is 14.7 Å². The summed E-state index contributed by atoms with van der Waals surface area (Å²) in [5.74, 6) is -1.25. The number of hydrogen-bond donors (Lipinski definition) is 1. The fourth-order valence-corrected chi connectivity index (χ4v) is 5.93. The highest BCUT2D eigenvalue weighted by molar-refractivity contribution is 7.80. The fraction of sp³-hybridized carbons (Fsp3) is 0.414. The van der Waals surface area contributed by atoms with E-state index in [2.05, 4.69) is 4.90 Å². The zero-order valence-electron chi connectivity index (χ0n) is 22.8. The van der Waals surface area contributed by atoms with E-state index in [1.165, 1.54) is 42.2 Å². The van der Waals surface area contributed by atoms with Crippen molar-refractivity contribution in [2.24, 2.45) is 0 Å². The normalized spacial score (nSPS) is 19.2. The molecule has 4 rings (SSSR count). The topological polar surface area (TPSA) is 73.3 Å². The number of carbonyl (C=O) groups is 2. The number of carboxylic acid groups (broad SMARTS) is 1. The van der Waals surface area contributed by atoms with Crippen molar-refractivity contribution in [2.45, 2.75) is 64.5 Å². The van der Waals surface area contributed by atoms with Gasteiger partial charge in [0.1, 0.15) is 5.82 Å². The second-order valence-electron chi connectivity index (χ2n) is 10.4. The van der Waals surface area contributed by atoms with Gasteiger partial charge in [-0.15, -0.1) is 0 Å². The highest BCUT2D eigenvalue weighted by Gasteiger charge is 2.48. The lowest BCUT2D eigenvalue weighted by Crippen LogP contribution is -2.57. The Bertz CT molecular complexity index is 1340. The molecule has 1 atom stereocenters. The van der Waals surface area contributed by atoms with Crippen molar-refractivity contribution in [3.63, 3.8) is 0 Å². The van der Waals surface area contributed by atoms with E-state index in [1.807, 2.05) is 0 Å². The average Bonchev–Trinajstić information content (AvgIpc) is 2.89. The first-order valence-electron chi connectivity index (χ1n) is 13.2. The third-order valence-corrected chi connectivity index (χ3v) is 7.67. The molecule has 220 valence electrons. The molecule has 2 aliphatic heterocycles. The van der Waals surface area contributed by atoms with E-state index in [4.69, 9.17) is 17.0 Å². The molecule has 0 bridgehead atoms. The molecule has 2 aromatic carbocycles. The number of alkyl halides is 3. The first-order valence-corrected chi connectivity index (χ1v) is 13.6. The standard InChI is InChI=1S/C29H31F4N3O4S/c1-17(2)40-26(37)24-18(3)35(28(38)39)27(41)36(25(24)22-6-4-5-7-23(22)29(31,32)33)21-12-14-34(15-13-21)16-19-8-10-20(30)11-9-19/h4-11,17,21,25H,12-16H2,1-3H3,(H,38,39)/t25-/m0/s1. The number of thiocarbonyl (C=S) groups is 1. The molecule has 1 fully saturated rings. The number of piperidine rings is 1. The maximum atomic E-state index is 14.3. The number of esters is 1. The van der Waals surface area contributed by atoms with Crippen LogP contribution in [0.25, 0.3) is 0 Å². The highest BCUT2D eigenvalue weighted by atomic mass is 32.1. The third kappa shape index (κ3) is 6.54. The molecule has 41 heavy (non-hydrogen) atoms. The molecule has 2 aromatic rings. The van der Waals surface area contributed by atoms with Gasteiger partial charge in [0.05, 0.1) is 23.3 Å². The van der Waals surface area contributed by atoms with Gasteiger partial charge in [0.2, 0.25) is 0 Å². The highest BCUT2D eigenvalue weighted by Crippen LogP contribution is 2.45. The number of allylic oxidation sites excluding steroid dienone is 1. The smallest absolute Gasteiger partial charge is 0.418 e. The number of carbonyl (C=O) groups excluding carboxylic acids is 1. The van der Waals surface area contributed by atoms with E-state index in [-0.39, 0.29) is 27.8 Å². The Morgan fingerprint density at radius 1 is 1.07 bits per heavy atom. The van der Waals surface area contributed by atoms with Crippen LogP contribution in [0.1, 0.15) is 56.3 Å². The predicted octanol–water partition coefficient (Wildman–Crippen LogP) is 6.36. The van der Waals surface area contributed by atoms with E-state index < -0.39 is 42.0 Å². The van der Waals surface area contributed by atoms with Crippen molar-refractivity contribution in [3.8, 4) is 0 Å². The molecule has 0 unspecified atom stereocenters. The van der Waals surface area contributed by atoms with E-state index in [0.29, 0.717) is 32.5 Å². The molecule has 0 aliphatic carbocycles. The minimum atomic E-state index is -4.74. The Hall–Kier alpha value is -3.51. The average molecular weight is 594 g/mol. The third-order valence-electron chi connectivity index (χ3n) is 7.27. The van der Waals surface area contributed by atoms with Gasteiger partial charge in [-0.2, -0.15) is 13.2 Å². The summed E-state index contributed by atoms with van der Waals surface area (Å²) in [6.45, 7) is 6.15. The molecule has 1 saturated heterocycles.